The van der Waals surface area contributed by atoms with E-state index in [9.17, 15) is 9.36 Å². The van der Waals surface area contributed by atoms with E-state index in [-0.39, 0.29) is 19.3 Å². The Bertz CT molecular complexity index is 465. The van der Waals surface area contributed by atoms with E-state index in [1.807, 2.05) is 6.07 Å². The molecule has 7 heteroatoms. The molecule has 0 spiro atoms. The molecule has 0 saturated heterocycles. The van der Waals surface area contributed by atoms with Crippen molar-refractivity contribution >= 4 is 13.6 Å². The molecular formula is C13H20NO5P. The lowest BCUT2D eigenvalue weighted by Gasteiger charge is -2.21. The Balaban J connectivity index is 2.76. The molecule has 1 aromatic carbocycles. The minimum atomic E-state index is -3.50. The molecule has 1 rings (SSSR count). The molecule has 0 heterocycles. The van der Waals surface area contributed by atoms with Gasteiger partial charge in [0.15, 0.2) is 6.10 Å². The fourth-order valence-electron chi connectivity index (χ4n) is 1.46. The third-order valence-electron chi connectivity index (χ3n) is 2.33. The summed E-state index contributed by atoms with van der Waals surface area (Å²) in [7, 11) is -3.50. The van der Waals surface area contributed by atoms with Crippen LogP contribution in [-0.4, -0.2) is 31.4 Å². The maximum absolute atomic E-state index is 12.6. The van der Waals surface area contributed by atoms with Crippen LogP contribution in [0.1, 0.15) is 13.8 Å². The van der Waals surface area contributed by atoms with Crippen molar-refractivity contribution < 1.29 is 23.1 Å². The van der Waals surface area contributed by atoms with E-state index >= 15 is 0 Å². The van der Waals surface area contributed by atoms with Gasteiger partial charge in [0.05, 0.1) is 12.8 Å². The molecule has 6 nitrogen and oxygen atoms in total. The van der Waals surface area contributed by atoms with E-state index in [2.05, 4.69) is 0 Å². The van der Waals surface area contributed by atoms with Crippen molar-refractivity contribution in [2.45, 2.75) is 20.0 Å². The number of benzene rings is 1. The summed E-state index contributed by atoms with van der Waals surface area (Å²) in [5, 5.41) is 0. The molecule has 0 aromatic heterocycles. The second kappa shape index (κ2) is 8.04. The topological polar surface area (TPSA) is 87.9 Å². The first-order chi connectivity index (χ1) is 9.50. The molecule has 2 atom stereocenters. The quantitative estimate of drug-likeness (QED) is 0.585. The van der Waals surface area contributed by atoms with Gasteiger partial charge in [-0.05, 0) is 26.0 Å². The number of para-hydroxylation sites is 1. The minimum absolute atomic E-state index is 0.0195. The second-order valence-corrected chi connectivity index (χ2v) is 6.09. The number of nitrogens with two attached hydrogens (primary N) is 1. The van der Waals surface area contributed by atoms with Crippen LogP contribution in [0.5, 0.6) is 5.75 Å². The Hall–Kier alpha value is -1.36. The SMILES string of the molecule is CCOC(=O)C(C)OP(=O)(CCN)Oc1ccccc1. The molecule has 20 heavy (non-hydrogen) atoms. The largest absolute Gasteiger partial charge is 0.464 e. The van der Waals surface area contributed by atoms with Gasteiger partial charge in [-0.15, -0.1) is 0 Å². The lowest BCUT2D eigenvalue weighted by atomic mass is 10.3. The molecule has 0 saturated carbocycles. The summed E-state index contributed by atoms with van der Waals surface area (Å²) in [4.78, 5) is 11.5. The van der Waals surface area contributed by atoms with Crippen molar-refractivity contribution in [3.63, 3.8) is 0 Å². The zero-order chi connectivity index (χ0) is 15.0. The average Bonchev–Trinajstić information content (AvgIpc) is 2.40. The summed E-state index contributed by atoms with van der Waals surface area (Å²) in [5.74, 6) is -0.179. The highest BCUT2D eigenvalue weighted by molar-refractivity contribution is 7.54. The minimum Gasteiger partial charge on any atom is -0.464 e. The van der Waals surface area contributed by atoms with Gasteiger partial charge in [0.2, 0.25) is 0 Å². The van der Waals surface area contributed by atoms with Crippen LogP contribution in [-0.2, 0) is 18.6 Å². The summed E-state index contributed by atoms with van der Waals surface area (Å²) in [6, 6.07) is 8.61. The Labute approximate surface area is 118 Å². The van der Waals surface area contributed by atoms with E-state index in [0.29, 0.717) is 5.75 Å². The van der Waals surface area contributed by atoms with E-state index in [4.69, 9.17) is 19.5 Å². The van der Waals surface area contributed by atoms with Crippen molar-refractivity contribution in [1.82, 2.24) is 0 Å². The van der Waals surface area contributed by atoms with Crippen LogP contribution in [0.15, 0.2) is 30.3 Å². The van der Waals surface area contributed by atoms with E-state index in [1.165, 1.54) is 6.92 Å². The van der Waals surface area contributed by atoms with Crippen LogP contribution in [0.25, 0.3) is 0 Å². The number of hydrogen-bond donors (Lipinski definition) is 1. The molecule has 1 aromatic rings. The van der Waals surface area contributed by atoms with Gasteiger partial charge in [0.1, 0.15) is 5.75 Å². The molecule has 112 valence electrons. The number of carbonyl (C=O) groups is 1. The first kappa shape index (κ1) is 16.7. The lowest BCUT2D eigenvalue weighted by molar-refractivity contribution is -0.150. The van der Waals surface area contributed by atoms with E-state index in [1.54, 1.807) is 31.2 Å². The molecule has 0 aliphatic rings. The van der Waals surface area contributed by atoms with Crippen LogP contribution in [0.3, 0.4) is 0 Å². The predicted octanol–water partition coefficient (Wildman–Crippen LogP) is 2.19. The molecule has 2 unspecified atom stereocenters. The van der Waals surface area contributed by atoms with E-state index in [0.717, 1.165) is 0 Å². The summed E-state index contributed by atoms with van der Waals surface area (Å²) < 4.78 is 28.0. The maximum Gasteiger partial charge on any atom is 0.381 e. The Morgan fingerprint density at radius 1 is 1.35 bits per heavy atom. The van der Waals surface area contributed by atoms with Gasteiger partial charge in [-0.3, -0.25) is 4.52 Å². The average molecular weight is 301 g/mol. The first-order valence-electron chi connectivity index (χ1n) is 6.39. The van der Waals surface area contributed by atoms with Gasteiger partial charge in [0.25, 0.3) is 0 Å². The van der Waals surface area contributed by atoms with Crippen molar-refractivity contribution in [1.29, 1.82) is 0 Å². The Morgan fingerprint density at radius 3 is 2.55 bits per heavy atom. The standard InChI is InChI=1S/C13H20NO5P/c1-3-17-13(15)11(2)18-20(16,10-9-14)19-12-7-5-4-6-8-12/h4-8,11H,3,9-10,14H2,1-2H3. The van der Waals surface area contributed by atoms with Crippen molar-refractivity contribution in [3.8, 4) is 5.75 Å². The zero-order valence-electron chi connectivity index (χ0n) is 11.7. The number of hydrogen-bond acceptors (Lipinski definition) is 6. The summed E-state index contributed by atoms with van der Waals surface area (Å²) in [6.07, 6.45) is -0.956. The molecule has 0 aliphatic heterocycles. The molecule has 0 fully saturated rings. The van der Waals surface area contributed by atoms with Gasteiger partial charge in [-0.2, -0.15) is 0 Å². The van der Waals surface area contributed by atoms with Gasteiger partial charge in [-0.25, -0.2) is 9.36 Å². The molecule has 2 N–H and O–H groups in total. The highest BCUT2D eigenvalue weighted by Crippen LogP contribution is 2.48. The Morgan fingerprint density at radius 2 is 2.00 bits per heavy atom. The predicted molar refractivity (Wildman–Crippen MR) is 75.8 cm³/mol. The third-order valence-corrected chi connectivity index (χ3v) is 4.26. The fourth-order valence-corrected chi connectivity index (χ4v) is 3.03. The number of esters is 1. The molecular weight excluding hydrogens is 281 g/mol. The van der Waals surface area contributed by atoms with Crippen molar-refractivity contribution in [3.05, 3.63) is 30.3 Å². The van der Waals surface area contributed by atoms with Crippen LogP contribution in [0.4, 0.5) is 0 Å². The summed E-state index contributed by atoms with van der Waals surface area (Å²) in [5.41, 5.74) is 5.43. The summed E-state index contributed by atoms with van der Waals surface area (Å²) in [6.45, 7) is 3.51. The van der Waals surface area contributed by atoms with Crippen LogP contribution in [0.2, 0.25) is 0 Å². The van der Waals surface area contributed by atoms with E-state index < -0.39 is 19.7 Å². The monoisotopic (exact) mass is 301 g/mol. The summed E-state index contributed by atoms with van der Waals surface area (Å²) >= 11 is 0. The van der Waals surface area contributed by atoms with Gasteiger partial charge < -0.3 is 15.0 Å². The third kappa shape index (κ3) is 5.33. The normalized spacial score (nSPS) is 15.2. The number of ether oxygens (including phenoxy) is 1. The molecule has 0 amide bonds. The van der Waals surface area contributed by atoms with Gasteiger partial charge in [-0.1, -0.05) is 18.2 Å². The van der Waals surface area contributed by atoms with Crippen molar-refractivity contribution in [2.75, 3.05) is 19.3 Å². The molecule has 0 radical (unpaired) electrons. The lowest BCUT2D eigenvalue weighted by Crippen LogP contribution is -2.24. The Kier molecular flexibility index (Phi) is 6.71. The first-order valence-corrected chi connectivity index (χ1v) is 8.12. The second-order valence-electron chi connectivity index (χ2n) is 4.03. The van der Waals surface area contributed by atoms with Crippen LogP contribution in [0, 0.1) is 0 Å². The molecule has 0 aliphatic carbocycles. The smallest absolute Gasteiger partial charge is 0.381 e. The highest BCUT2D eigenvalue weighted by Gasteiger charge is 2.31. The maximum atomic E-state index is 12.6. The number of rotatable bonds is 8. The van der Waals surface area contributed by atoms with Gasteiger partial charge >= 0.3 is 13.6 Å². The molecule has 0 bridgehead atoms. The van der Waals surface area contributed by atoms with Gasteiger partial charge in [0, 0.05) is 6.54 Å². The zero-order valence-corrected chi connectivity index (χ0v) is 12.5. The van der Waals surface area contributed by atoms with Crippen LogP contribution >= 0.6 is 7.60 Å². The number of carbonyl (C=O) groups excluding carboxylic acids is 1. The fraction of sp³-hybridized carbons (Fsp3) is 0.462. The van der Waals surface area contributed by atoms with Crippen LogP contribution < -0.4 is 10.3 Å². The van der Waals surface area contributed by atoms with Crippen molar-refractivity contribution in [2.24, 2.45) is 5.73 Å². The highest BCUT2D eigenvalue weighted by atomic mass is 31.2.